The summed E-state index contributed by atoms with van der Waals surface area (Å²) in [5.41, 5.74) is 2.30. The Kier molecular flexibility index (Phi) is 11.1. The zero-order chi connectivity index (χ0) is 23.7. The lowest BCUT2D eigenvalue weighted by Gasteiger charge is -2.28. The summed E-state index contributed by atoms with van der Waals surface area (Å²) in [5, 5.41) is 10.8. The van der Waals surface area contributed by atoms with Gasteiger partial charge in [-0.1, -0.05) is 112 Å². The molecule has 178 valence electrons. The molecule has 0 unspecified atom stereocenters. The van der Waals surface area contributed by atoms with Crippen molar-refractivity contribution in [1.82, 2.24) is 0 Å². The van der Waals surface area contributed by atoms with Gasteiger partial charge in [0, 0.05) is 0 Å². The Bertz CT molecular complexity index is 639. The molecule has 0 aromatic heterocycles. The molecule has 1 N–H and O–H groups in total. The molecule has 1 aromatic rings. The Labute approximate surface area is 192 Å². The molecule has 0 spiro atoms. The lowest BCUT2D eigenvalue weighted by atomic mass is 9.78. The standard InChI is InChI=1S/C28H48O3/c1-21(2)16-14-12-10-9-11-13-15-17-31-25(29)20-22-18-23(27(3,4)5)26(30)24(19-22)28(6,7)8/h18-19,21,30H,9-17,20H2,1-8H3. The molecule has 0 aliphatic heterocycles. The van der Waals surface area contributed by atoms with Crippen LogP contribution in [0.1, 0.15) is 123 Å². The first-order chi connectivity index (χ1) is 14.3. The number of aromatic hydroxyl groups is 1. The molecule has 0 fully saturated rings. The Balaban J connectivity index is 2.47. The SMILES string of the molecule is CC(C)CCCCCCCCCOC(=O)Cc1cc(C(C)(C)C)c(O)c(C(C)(C)C)c1. The van der Waals surface area contributed by atoms with Gasteiger partial charge in [0.2, 0.25) is 0 Å². The highest BCUT2D eigenvalue weighted by Gasteiger charge is 2.27. The molecule has 0 saturated heterocycles. The van der Waals surface area contributed by atoms with Crippen molar-refractivity contribution in [2.45, 2.75) is 124 Å². The van der Waals surface area contributed by atoms with Crippen LogP contribution < -0.4 is 0 Å². The summed E-state index contributed by atoms with van der Waals surface area (Å²) >= 11 is 0. The van der Waals surface area contributed by atoms with Crippen LogP contribution in [0.4, 0.5) is 0 Å². The fraction of sp³-hybridized carbons (Fsp3) is 0.750. The Morgan fingerprint density at radius 2 is 1.29 bits per heavy atom. The molecule has 0 radical (unpaired) electrons. The van der Waals surface area contributed by atoms with Crippen LogP contribution in [0.2, 0.25) is 0 Å². The maximum Gasteiger partial charge on any atom is 0.310 e. The molecular formula is C28H48O3. The normalized spacial score (nSPS) is 12.4. The molecular weight excluding hydrogens is 384 g/mol. The summed E-state index contributed by atoms with van der Waals surface area (Å²) in [5.74, 6) is 0.983. The number of unbranched alkanes of at least 4 members (excludes halogenated alkanes) is 6. The van der Waals surface area contributed by atoms with E-state index in [1.54, 1.807) is 0 Å². The maximum absolute atomic E-state index is 12.4. The van der Waals surface area contributed by atoms with Gasteiger partial charge in [0.05, 0.1) is 13.0 Å². The molecule has 0 aliphatic carbocycles. The smallest absolute Gasteiger partial charge is 0.310 e. The Hall–Kier alpha value is -1.51. The molecule has 3 nitrogen and oxygen atoms in total. The third kappa shape index (κ3) is 10.6. The van der Waals surface area contributed by atoms with Crippen molar-refractivity contribution in [3.05, 3.63) is 28.8 Å². The van der Waals surface area contributed by atoms with Crippen LogP contribution in [-0.4, -0.2) is 17.7 Å². The monoisotopic (exact) mass is 432 g/mol. The van der Waals surface area contributed by atoms with Crippen molar-refractivity contribution in [1.29, 1.82) is 0 Å². The minimum absolute atomic E-state index is 0.181. The van der Waals surface area contributed by atoms with E-state index < -0.39 is 0 Å². The second-order valence-corrected chi connectivity index (χ2v) is 11.6. The predicted octanol–water partition coefficient (Wildman–Crippen LogP) is 7.85. The molecule has 0 atom stereocenters. The van der Waals surface area contributed by atoms with Crippen LogP contribution in [0.25, 0.3) is 0 Å². The number of carbonyl (C=O) groups is 1. The fourth-order valence-corrected chi connectivity index (χ4v) is 3.88. The molecule has 0 amide bonds. The highest BCUT2D eigenvalue weighted by molar-refractivity contribution is 5.73. The first kappa shape index (κ1) is 27.5. The second kappa shape index (κ2) is 12.5. The maximum atomic E-state index is 12.4. The van der Waals surface area contributed by atoms with Crippen LogP contribution in [0, 0.1) is 5.92 Å². The lowest BCUT2D eigenvalue weighted by Crippen LogP contribution is -2.19. The van der Waals surface area contributed by atoms with E-state index in [-0.39, 0.29) is 23.2 Å². The van der Waals surface area contributed by atoms with E-state index in [4.69, 9.17) is 4.74 Å². The Morgan fingerprint density at radius 1 is 0.839 bits per heavy atom. The molecule has 3 heteroatoms. The van der Waals surface area contributed by atoms with Crippen LogP contribution in [0.15, 0.2) is 12.1 Å². The van der Waals surface area contributed by atoms with Gasteiger partial charge in [-0.3, -0.25) is 4.79 Å². The second-order valence-electron chi connectivity index (χ2n) is 11.6. The zero-order valence-corrected chi connectivity index (χ0v) is 21.6. The zero-order valence-electron chi connectivity index (χ0n) is 21.6. The molecule has 0 saturated carbocycles. The largest absolute Gasteiger partial charge is 0.507 e. The number of ether oxygens (including phenoxy) is 1. The van der Waals surface area contributed by atoms with Crippen molar-refractivity contribution >= 4 is 5.97 Å². The number of carbonyl (C=O) groups excluding carboxylic acids is 1. The number of esters is 1. The van der Waals surface area contributed by atoms with Crippen molar-refractivity contribution in [3.63, 3.8) is 0 Å². The molecule has 0 heterocycles. The topological polar surface area (TPSA) is 46.5 Å². The van der Waals surface area contributed by atoms with Gasteiger partial charge in [0.15, 0.2) is 0 Å². The van der Waals surface area contributed by atoms with Crippen molar-refractivity contribution < 1.29 is 14.6 Å². The van der Waals surface area contributed by atoms with Gasteiger partial charge >= 0.3 is 5.97 Å². The number of rotatable bonds is 12. The number of hydrogen-bond acceptors (Lipinski definition) is 3. The van der Waals surface area contributed by atoms with Gasteiger partial charge in [-0.15, -0.1) is 0 Å². The van der Waals surface area contributed by atoms with Crippen molar-refractivity contribution in [2.24, 2.45) is 5.92 Å². The highest BCUT2D eigenvalue weighted by Crippen LogP contribution is 2.39. The van der Waals surface area contributed by atoms with Crippen LogP contribution >= 0.6 is 0 Å². The minimum Gasteiger partial charge on any atom is -0.507 e. The minimum atomic E-state index is -0.196. The van der Waals surface area contributed by atoms with Gasteiger partial charge in [0.25, 0.3) is 0 Å². The van der Waals surface area contributed by atoms with E-state index in [1.807, 2.05) is 12.1 Å². The number of hydrogen-bond donors (Lipinski definition) is 1. The number of phenols is 1. The quantitative estimate of drug-likeness (QED) is 0.270. The van der Waals surface area contributed by atoms with Gasteiger partial charge in [-0.05, 0) is 39.9 Å². The number of phenolic OH excluding ortho intramolecular Hbond substituents is 1. The predicted molar refractivity (Wildman–Crippen MR) is 132 cm³/mol. The fourth-order valence-electron chi connectivity index (χ4n) is 3.88. The molecule has 31 heavy (non-hydrogen) atoms. The lowest BCUT2D eigenvalue weighted by molar-refractivity contribution is -0.142. The number of benzene rings is 1. The molecule has 0 bridgehead atoms. The first-order valence-corrected chi connectivity index (χ1v) is 12.3. The van der Waals surface area contributed by atoms with E-state index in [9.17, 15) is 9.90 Å². The first-order valence-electron chi connectivity index (χ1n) is 12.3. The summed E-state index contributed by atoms with van der Waals surface area (Å²) in [7, 11) is 0. The molecule has 1 aromatic carbocycles. The van der Waals surface area contributed by atoms with E-state index in [1.165, 1.54) is 38.5 Å². The van der Waals surface area contributed by atoms with E-state index in [0.29, 0.717) is 12.4 Å². The van der Waals surface area contributed by atoms with Crippen molar-refractivity contribution in [2.75, 3.05) is 6.61 Å². The Morgan fingerprint density at radius 3 is 1.74 bits per heavy atom. The van der Waals surface area contributed by atoms with Crippen molar-refractivity contribution in [3.8, 4) is 5.75 Å². The van der Waals surface area contributed by atoms with E-state index in [0.717, 1.165) is 35.4 Å². The highest BCUT2D eigenvalue weighted by atomic mass is 16.5. The van der Waals surface area contributed by atoms with E-state index >= 15 is 0 Å². The third-order valence-electron chi connectivity index (χ3n) is 5.82. The average molecular weight is 433 g/mol. The van der Waals surface area contributed by atoms with Crippen LogP contribution in [0.5, 0.6) is 5.75 Å². The summed E-state index contributed by atoms with van der Waals surface area (Å²) in [6, 6.07) is 3.93. The third-order valence-corrected chi connectivity index (χ3v) is 5.82. The molecule has 0 aliphatic rings. The average Bonchev–Trinajstić information content (AvgIpc) is 2.62. The summed E-state index contributed by atoms with van der Waals surface area (Å²) < 4.78 is 5.50. The molecule has 1 rings (SSSR count). The summed E-state index contributed by atoms with van der Waals surface area (Å²) in [4.78, 5) is 12.4. The van der Waals surface area contributed by atoms with Crippen LogP contribution in [-0.2, 0) is 26.8 Å². The van der Waals surface area contributed by atoms with Gasteiger partial charge < -0.3 is 9.84 Å². The van der Waals surface area contributed by atoms with Crippen LogP contribution in [0.3, 0.4) is 0 Å². The van der Waals surface area contributed by atoms with Gasteiger partial charge in [-0.25, -0.2) is 0 Å². The van der Waals surface area contributed by atoms with Gasteiger partial charge in [0.1, 0.15) is 5.75 Å². The summed E-state index contributed by atoms with van der Waals surface area (Å²) in [6.45, 7) is 17.6. The summed E-state index contributed by atoms with van der Waals surface area (Å²) in [6.07, 6.45) is 10.2. The van der Waals surface area contributed by atoms with Gasteiger partial charge in [-0.2, -0.15) is 0 Å². The van der Waals surface area contributed by atoms with E-state index in [2.05, 4.69) is 55.4 Å².